The molecule has 2 N–H and O–H groups in total. The van der Waals surface area contributed by atoms with Gasteiger partial charge in [0, 0.05) is 19.1 Å². The van der Waals surface area contributed by atoms with Gasteiger partial charge in [-0.2, -0.15) is 0 Å². The maximum Gasteiger partial charge on any atom is 0.128 e. The van der Waals surface area contributed by atoms with Crippen molar-refractivity contribution >= 4 is 11.4 Å². The minimum absolute atomic E-state index is 0.212. The first kappa shape index (κ1) is 12.7. The van der Waals surface area contributed by atoms with Gasteiger partial charge >= 0.3 is 0 Å². The summed E-state index contributed by atoms with van der Waals surface area (Å²) in [6.07, 6.45) is 3.85. The number of rotatable bonds is 2. The van der Waals surface area contributed by atoms with Crippen LogP contribution in [0.3, 0.4) is 0 Å². The third kappa shape index (κ3) is 2.41. The van der Waals surface area contributed by atoms with Crippen LogP contribution < -0.4 is 10.6 Å². The Morgan fingerprint density at radius 3 is 2.68 bits per heavy atom. The van der Waals surface area contributed by atoms with E-state index >= 15 is 0 Å². The van der Waals surface area contributed by atoms with Crippen LogP contribution in [0.4, 0.5) is 15.8 Å². The molecule has 2 saturated heterocycles. The molecule has 104 valence electrons. The van der Waals surface area contributed by atoms with E-state index in [1.165, 1.54) is 38.4 Å². The molecule has 0 bridgehead atoms. The number of halogens is 1. The fourth-order valence-corrected chi connectivity index (χ4v) is 3.32. The standard InChI is InChI=1S/C15H22FN3/c1-11-8-15(14(17)9-13(11)16)19-7-4-12(10-19)18-5-2-3-6-18/h8-9,12H,2-7,10,17H2,1H3. The van der Waals surface area contributed by atoms with E-state index in [0.717, 1.165) is 18.8 Å². The van der Waals surface area contributed by atoms with Crippen LogP contribution in [0, 0.1) is 12.7 Å². The molecule has 2 heterocycles. The number of nitrogens with zero attached hydrogens (tertiary/aromatic N) is 2. The Morgan fingerprint density at radius 2 is 1.95 bits per heavy atom. The van der Waals surface area contributed by atoms with Crippen molar-refractivity contribution in [1.29, 1.82) is 0 Å². The van der Waals surface area contributed by atoms with Gasteiger partial charge < -0.3 is 10.6 Å². The number of nitrogen functional groups attached to an aromatic ring is 1. The van der Waals surface area contributed by atoms with E-state index in [9.17, 15) is 4.39 Å². The predicted molar refractivity (Wildman–Crippen MR) is 77.0 cm³/mol. The van der Waals surface area contributed by atoms with Crippen molar-refractivity contribution in [3.8, 4) is 0 Å². The van der Waals surface area contributed by atoms with Crippen molar-refractivity contribution < 1.29 is 4.39 Å². The smallest absolute Gasteiger partial charge is 0.128 e. The number of anilines is 2. The van der Waals surface area contributed by atoms with Gasteiger partial charge in [0.2, 0.25) is 0 Å². The van der Waals surface area contributed by atoms with Gasteiger partial charge in [0.05, 0.1) is 11.4 Å². The average molecular weight is 263 g/mol. The molecular weight excluding hydrogens is 241 g/mol. The number of hydrogen-bond donors (Lipinski definition) is 1. The molecule has 1 unspecified atom stereocenters. The molecule has 2 aliphatic rings. The quantitative estimate of drug-likeness (QED) is 0.832. The van der Waals surface area contributed by atoms with Crippen LogP contribution in [-0.4, -0.2) is 37.1 Å². The Balaban J connectivity index is 1.75. The van der Waals surface area contributed by atoms with Crippen LogP contribution in [0.2, 0.25) is 0 Å². The van der Waals surface area contributed by atoms with Crippen LogP contribution >= 0.6 is 0 Å². The second-order valence-electron chi connectivity index (χ2n) is 5.79. The van der Waals surface area contributed by atoms with Crippen molar-refractivity contribution in [3.63, 3.8) is 0 Å². The first-order chi connectivity index (χ1) is 9.15. The number of aryl methyl sites for hydroxylation is 1. The lowest BCUT2D eigenvalue weighted by atomic mass is 10.1. The maximum atomic E-state index is 13.5. The highest BCUT2D eigenvalue weighted by atomic mass is 19.1. The Morgan fingerprint density at radius 1 is 1.21 bits per heavy atom. The zero-order valence-electron chi connectivity index (χ0n) is 11.5. The number of hydrogen-bond acceptors (Lipinski definition) is 3. The fourth-order valence-electron chi connectivity index (χ4n) is 3.32. The van der Waals surface area contributed by atoms with E-state index in [4.69, 9.17) is 5.73 Å². The van der Waals surface area contributed by atoms with Gasteiger partial charge in [0.15, 0.2) is 0 Å². The molecule has 19 heavy (non-hydrogen) atoms. The van der Waals surface area contributed by atoms with Crippen LogP contribution in [0.5, 0.6) is 0 Å². The van der Waals surface area contributed by atoms with E-state index in [1.807, 2.05) is 6.07 Å². The van der Waals surface area contributed by atoms with E-state index in [1.54, 1.807) is 6.92 Å². The molecule has 0 saturated carbocycles. The molecule has 2 aliphatic heterocycles. The lowest BCUT2D eigenvalue weighted by Crippen LogP contribution is -2.35. The highest BCUT2D eigenvalue weighted by Gasteiger charge is 2.30. The number of likely N-dealkylation sites (tertiary alicyclic amines) is 1. The molecule has 2 fully saturated rings. The van der Waals surface area contributed by atoms with Crippen LogP contribution in [0.1, 0.15) is 24.8 Å². The molecular formula is C15H22FN3. The highest BCUT2D eigenvalue weighted by Crippen LogP contribution is 2.31. The van der Waals surface area contributed by atoms with Crippen molar-refractivity contribution in [2.45, 2.75) is 32.2 Å². The topological polar surface area (TPSA) is 32.5 Å². The highest BCUT2D eigenvalue weighted by molar-refractivity contribution is 5.69. The molecule has 0 aromatic heterocycles. The van der Waals surface area contributed by atoms with Crippen LogP contribution in [0.25, 0.3) is 0 Å². The Labute approximate surface area is 114 Å². The van der Waals surface area contributed by atoms with Gasteiger partial charge in [-0.25, -0.2) is 4.39 Å². The molecule has 0 radical (unpaired) electrons. The Bertz CT molecular complexity index is 469. The predicted octanol–water partition coefficient (Wildman–Crippen LogP) is 2.39. The minimum atomic E-state index is -0.212. The summed E-state index contributed by atoms with van der Waals surface area (Å²) in [5, 5.41) is 0. The zero-order valence-corrected chi connectivity index (χ0v) is 11.5. The summed E-state index contributed by atoms with van der Waals surface area (Å²) in [6.45, 7) is 6.31. The van der Waals surface area contributed by atoms with Crippen LogP contribution in [-0.2, 0) is 0 Å². The Kier molecular flexibility index (Phi) is 3.35. The SMILES string of the molecule is Cc1cc(N2CCC(N3CCCC3)C2)c(N)cc1F. The third-order valence-corrected chi connectivity index (χ3v) is 4.47. The summed E-state index contributed by atoms with van der Waals surface area (Å²) in [4.78, 5) is 4.90. The normalized spacial score (nSPS) is 24.3. The summed E-state index contributed by atoms with van der Waals surface area (Å²) in [5.74, 6) is -0.212. The summed E-state index contributed by atoms with van der Waals surface area (Å²) in [5.41, 5.74) is 8.21. The van der Waals surface area contributed by atoms with Crippen LogP contribution in [0.15, 0.2) is 12.1 Å². The van der Waals surface area contributed by atoms with Gasteiger partial charge in [0.25, 0.3) is 0 Å². The van der Waals surface area contributed by atoms with E-state index in [2.05, 4.69) is 9.80 Å². The maximum absolute atomic E-state index is 13.5. The van der Waals surface area contributed by atoms with Crippen molar-refractivity contribution in [2.75, 3.05) is 36.8 Å². The van der Waals surface area contributed by atoms with Crippen molar-refractivity contribution in [2.24, 2.45) is 0 Å². The van der Waals surface area contributed by atoms with E-state index in [0.29, 0.717) is 17.3 Å². The summed E-state index contributed by atoms with van der Waals surface area (Å²) < 4.78 is 13.5. The summed E-state index contributed by atoms with van der Waals surface area (Å²) in [6, 6.07) is 3.98. The van der Waals surface area contributed by atoms with Gasteiger partial charge in [-0.15, -0.1) is 0 Å². The van der Waals surface area contributed by atoms with Gasteiger partial charge in [-0.05, 0) is 57.0 Å². The molecule has 1 atom stereocenters. The summed E-state index contributed by atoms with van der Waals surface area (Å²) >= 11 is 0. The molecule has 1 aromatic carbocycles. The lowest BCUT2D eigenvalue weighted by Gasteiger charge is -2.25. The minimum Gasteiger partial charge on any atom is -0.397 e. The largest absolute Gasteiger partial charge is 0.397 e. The first-order valence-electron chi connectivity index (χ1n) is 7.20. The molecule has 4 heteroatoms. The first-order valence-corrected chi connectivity index (χ1v) is 7.20. The van der Waals surface area contributed by atoms with Crippen molar-refractivity contribution in [3.05, 3.63) is 23.5 Å². The molecule has 0 aliphatic carbocycles. The lowest BCUT2D eigenvalue weighted by molar-refractivity contribution is 0.260. The Hall–Kier alpha value is -1.29. The molecule has 3 rings (SSSR count). The van der Waals surface area contributed by atoms with E-state index < -0.39 is 0 Å². The molecule has 3 nitrogen and oxygen atoms in total. The average Bonchev–Trinajstić information content (AvgIpc) is 3.03. The molecule has 1 aromatic rings. The zero-order chi connectivity index (χ0) is 13.4. The third-order valence-electron chi connectivity index (χ3n) is 4.47. The fraction of sp³-hybridized carbons (Fsp3) is 0.600. The van der Waals surface area contributed by atoms with Gasteiger partial charge in [-0.3, -0.25) is 4.90 Å². The van der Waals surface area contributed by atoms with Gasteiger partial charge in [-0.1, -0.05) is 0 Å². The van der Waals surface area contributed by atoms with E-state index in [-0.39, 0.29) is 5.82 Å². The number of benzene rings is 1. The molecule has 0 spiro atoms. The van der Waals surface area contributed by atoms with Gasteiger partial charge in [0.1, 0.15) is 5.82 Å². The second-order valence-corrected chi connectivity index (χ2v) is 5.79. The van der Waals surface area contributed by atoms with Crippen molar-refractivity contribution in [1.82, 2.24) is 4.90 Å². The monoisotopic (exact) mass is 263 g/mol. The molecule has 0 amide bonds. The number of nitrogens with two attached hydrogens (primary N) is 1. The second kappa shape index (κ2) is 5.00. The summed E-state index contributed by atoms with van der Waals surface area (Å²) in [7, 11) is 0.